The smallest absolute Gasteiger partial charge is 0.0656 e. The third-order valence-electron chi connectivity index (χ3n) is 2.94. The number of hydrogen-bond donors (Lipinski definition) is 0. The molecule has 1 aromatic rings. The molecule has 1 aliphatic rings. The predicted molar refractivity (Wildman–Crippen MR) is 65.6 cm³/mol. The first kappa shape index (κ1) is 11.6. The van der Waals surface area contributed by atoms with Crippen LogP contribution in [-0.4, -0.2) is 23.0 Å². The number of hydrogen-bond acceptors (Lipinski definition) is 3. The first-order valence-corrected chi connectivity index (χ1v) is 6.29. The van der Waals surface area contributed by atoms with Crippen LogP contribution in [0.2, 0.25) is 0 Å². The SMILES string of the molecule is N#CC1CCN(Cc2ccc(Br)cn2)CC1. The molecule has 0 saturated carbocycles. The second-order valence-corrected chi connectivity index (χ2v) is 5.06. The van der Waals surface area contributed by atoms with Crippen LogP contribution in [0.25, 0.3) is 0 Å². The Bertz CT molecular complexity index is 374. The summed E-state index contributed by atoms with van der Waals surface area (Å²) in [6.07, 6.45) is 3.82. The maximum absolute atomic E-state index is 8.81. The van der Waals surface area contributed by atoms with Crippen molar-refractivity contribution in [1.29, 1.82) is 5.26 Å². The van der Waals surface area contributed by atoms with Crippen LogP contribution in [0, 0.1) is 17.2 Å². The molecule has 0 radical (unpaired) electrons. The van der Waals surface area contributed by atoms with Gasteiger partial charge in [-0.2, -0.15) is 5.26 Å². The highest BCUT2D eigenvalue weighted by atomic mass is 79.9. The van der Waals surface area contributed by atoms with E-state index in [0.717, 1.165) is 42.6 Å². The highest BCUT2D eigenvalue weighted by Gasteiger charge is 2.18. The summed E-state index contributed by atoms with van der Waals surface area (Å²) in [5.74, 6) is 0.258. The molecule has 84 valence electrons. The Morgan fingerprint density at radius 1 is 1.44 bits per heavy atom. The Morgan fingerprint density at radius 3 is 2.75 bits per heavy atom. The second kappa shape index (κ2) is 5.42. The summed E-state index contributed by atoms with van der Waals surface area (Å²) < 4.78 is 1.01. The number of rotatable bonds is 2. The van der Waals surface area contributed by atoms with Gasteiger partial charge in [0.2, 0.25) is 0 Å². The van der Waals surface area contributed by atoms with Gasteiger partial charge in [0, 0.05) is 23.1 Å². The minimum atomic E-state index is 0.258. The van der Waals surface area contributed by atoms with Gasteiger partial charge in [-0.3, -0.25) is 9.88 Å². The van der Waals surface area contributed by atoms with E-state index in [4.69, 9.17) is 5.26 Å². The van der Waals surface area contributed by atoms with Crippen LogP contribution in [0.1, 0.15) is 18.5 Å². The Morgan fingerprint density at radius 2 is 2.19 bits per heavy atom. The lowest BCUT2D eigenvalue weighted by atomic mass is 9.98. The molecule has 2 rings (SSSR count). The molecule has 16 heavy (non-hydrogen) atoms. The van der Waals surface area contributed by atoms with Gasteiger partial charge in [-0.1, -0.05) is 0 Å². The first-order valence-electron chi connectivity index (χ1n) is 5.50. The predicted octanol–water partition coefficient (Wildman–Crippen LogP) is 2.58. The van der Waals surface area contributed by atoms with E-state index in [1.165, 1.54) is 0 Å². The van der Waals surface area contributed by atoms with E-state index in [1.54, 1.807) is 0 Å². The molecule has 0 aliphatic carbocycles. The Kier molecular flexibility index (Phi) is 3.92. The van der Waals surface area contributed by atoms with Crippen molar-refractivity contribution >= 4 is 15.9 Å². The van der Waals surface area contributed by atoms with Crippen molar-refractivity contribution in [3.8, 4) is 6.07 Å². The van der Waals surface area contributed by atoms with E-state index < -0.39 is 0 Å². The second-order valence-electron chi connectivity index (χ2n) is 4.15. The largest absolute Gasteiger partial charge is 0.297 e. The van der Waals surface area contributed by atoms with E-state index in [2.05, 4.69) is 31.9 Å². The highest BCUT2D eigenvalue weighted by molar-refractivity contribution is 9.10. The van der Waals surface area contributed by atoms with Gasteiger partial charge in [0.15, 0.2) is 0 Å². The van der Waals surface area contributed by atoms with Crippen molar-refractivity contribution in [3.05, 3.63) is 28.5 Å². The number of nitriles is 1. The minimum absolute atomic E-state index is 0.258. The first-order chi connectivity index (χ1) is 7.78. The zero-order valence-electron chi connectivity index (χ0n) is 9.06. The van der Waals surface area contributed by atoms with Crippen molar-refractivity contribution in [3.63, 3.8) is 0 Å². The Balaban J connectivity index is 1.87. The Hall–Kier alpha value is -0.920. The summed E-state index contributed by atoms with van der Waals surface area (Å²) in [6, 6.07) is 6.41. The lowest BCUT2D eigenvalue weighted by Crippen LogP contribution is -2.33. The average Bonchev–Trinajstić information content (AvgIpc) is 2.33. The van der Waals surface area contributed by atoms with Gasteiger partial charge in [-0.05, 0) is 54.0 Å². The van der Waals surface area contributed by atoms with Crippen molar-refractivity contribution < 1.29 is 0 Å². The van der Waals surface area contributed by atoms with Gasteiger partial charge < -0.3 is 0 Å². The average molecular weight is 280 g/mol. The summed E-state index contributed by atoms with van der Waals surface area (Å²) in [7, 11) is 0. The standard InChI is InChI=1S/C12H14BrN3/c13-11-1-2-12(15-8-11)9-16-5-3-10(7-14)4-6-16/h1-2,8,10H,3-6,9H2. The van der Waals surface area contributed by atoms with Crippen LogP contribution in [0.3, 0.4) is 0 Å². The lowest BCUT2D eigenvalue weighted by Gasteiger charge is -2.28. The van der Waals surface area contributed by atoms with Crippen LogP contribution in [0.4, 0.5) is 0 Å². The van der Waals surface area contributed by atoms with E-state index in [-0.39, 0.29) is 5.92 Å². The quantitative estimate of drug-likeness (QED) is 0.836. The molecule has 1 saturated heterocycles. The molecule has 0 aromatic carbocycles. The zero-order valence-corrected chi connectivity index (χ0v) is 10.7. The molecule has 2 heterocycles. The highest BCUT2D eigenvalue weighted by Crippen LogP contribution is 2.18. The summed E-state index contributed by atoms with van der Waals surface area (Å²) in [5.41, 5.74) is 1.10. The molecule has 1 aliphatic heterocycles. The molecule has 3 nitrogen and oxygen atoms in total. The number of aromatic nitrogens is 1. The monoisotopic (exact) mass is 279 g/mol. The van der Waals surface area contributed by atoms with Crippen molar-refractivity contribution in [2.45, 2.75) is 19.4 Å². The molecule has 0 N–H and O–H groups in total. The molecule has 0 bridgehead atoms. The summed E-state index contributed by atoms with van der Waals surface area (Å²) in [5, 5.41) is 8.81. The maximum atomic E-state index is 8.81. The zero-order chi connectivity index (χ0) is 11.4. The van der Waals surface area contributed by atoms with E-state index in [0.29, 0.717) is 0 Å². The van der Waals surface area contributed by atoms with Crippen LogP contribution in [0.15, 0.2) is 22.8 Å². The molecule has 4 heteroatoms. The molecule has 0 spiro atoms. The van der Waals surface area contributed by atoms with Crippen LogP contribution in [0.5, 0.6) is 0 Å². The summed E-state index contributed by atoms with van der Waals surface area (Å²) >= 11 is 3.38. The summed E-state index contributed by atoms with van der Waals surface area (Å²) in [4.78, 5) is 6.72. The number of pyridine rings is 1. The van der Waals surface area contributed by atoms with Gasteiger partial charge in [0.05, 0.1) is 11.8 Å². The fourth-order valence-electron chi connectivity index (χ4n) is 1.95. The van der Waals surface area contributed by atoms with Gasteiger partial charge in [-0.15, -0.1) is 0 Å². The van der Waals surface area contributed by atoms with Crippen molar-refractivity contribution in [2.75, 3.05) is 13.1 Å². The molecule has 0 unspecified atom stereocenters. The lowest BCUT2D eigenvalue weighted by molar-refractivity contribution is 0.196. The normalized spacial score (nSPS) is 18.2. The van der Waals surface area contributed by atoms with Gasteiger partial charge in [0.1, 0.15) is 0 Å². The summed E-state index contributed by atoms with van der Waals surface area (Å²) in [6.45, 7) is 2.91. The topological polar surface area (TPSA) is 39.9 Å². The maximum Gasteiger partial charge on any atom is 0.0656 e. The van der Waals surface area contributed by atoms with Gasteiger partial charge in [0.25, 0.3) is 0 Å². The molecular weight excluding hydrogens is 266 g/mol. The van der Waals surface area contributed by atoms with Crippen molar-refractivity contribution in [2.24, 2.45) is 5.92 Å². The number of likely N-dealkylation sites (tertiary alicyclic amines) is 1. The van der Waals surface area contributed by atoms with Crippen LogP contribution < -0.4 is 0 Å². The van der Waals surface area contributed by atoms with E-state index in [9.17, 15) is 0 Å². The molecule has 0 amide bonds. The van der Waals surface area contributed by atoms with Crippen LogP contribution in [-0.2, 0) is 6.54 Å². The van der Waals surface area contributed by atoms with Crippen LogP contribution >= 0.6 is 15.9 Å². The molecule has 0 atom stereocenters. The third kappa shape index (κ3) is 3.03. The van der Waals surface area contributed by atoms with Crippen molar-refractivity contribution in [1.82, 2.24) is 9.88 Å². The number of nitrogens with zero attached hydrogens (tertiary/aromatic N) is 3. The van der Waals surface area contributed by atoms with Gasteiger partial charge >= 0.3 is 0 Å². The minimum Gasteiger partial charge on any atom is -0.297 e. The number of piperidine rings is 1. The van der Waals surface area contributed by atoms with E-state index in [1.807, 2.05) is 18.3 Å². The molecule has 1 aromatic heterocycles. The molecular formula is C12H14BrN3. The number of halogens is 1. The van der Waals surface area contributed by atoms with E-state index >= 15 is 0 Å². The Labute approximate surface area is 104 Å². The fraction of sp³-hybridized carbons (Fsp3) is 0.500. The third-order valence-corrected chi connectivity index (χ3v) is 3.41. The fourth-order valence-corrected chi connectivity index (χ4v) is 2.18. The van der Waals surface area contributed by atoms with Gasteiger partial charge in [-0.25, -0.2) is 0 Å². The molecule has 1 fully saturated rings.